The fraction of sp³-hybridized carbons (Fsp3) is 0.0508. The molecule has 0 bridgehead atoms. The first-order valence-corrected chi connectivity index (χ1v) is 43.0. The van der Waals surface area contributed by atoms with Gasteiger partial charge in [0.1, 0.15) is 0 Å². The monoisotopic (exact) mass is 1590 g/mol. The zero-order valence-electron chi connectivity index (χ0n) is 69.4. The van der Waals surface area contributed by atoms with Crippen LogP contribution in [0.3, 0.4) is 0 Å². The number of aromatic nitrogens is 2. The van der Waals surface area contributed by atoms with Gasteiger partial charge in [-0.3, -0.25) is 0 Å². The Balaban J connectivity index is 0.000000143. The predicted octanol–water partition coefficient (Wildman–Crippen LogP) is 32.7. The molecular formula is C118H86N6. The third-order valence-electron chi connectivity index (χ3n) is 26.1. The van der Waals surface area contributed by atoms with Crippen molar-refractivity contribution >= 4 is 155 Å². The molecule has 2 aliphatic carbocycles. The van der Waals surface area contributed by atoms with Crippen LogP contribution < -0.4 is 19.6 Å². The van der Waals surface area contributed by atoms with E-state index in [1.165, 1.54) is 109 Å². The molecule has 20 aromatic carbocycles. The van der Waals surface area contributed by atoms with Crippen LogP contribution in [-0.4, -0.2) is 9.13 Å². The number of rotatable bonds is 14. The van der Waals surface area contributed by atoms with Gasteiger partial charge >= 0.3 is 0 Å². The third-order valence-corrected chi connectivity index (χ3v) is 26.1. The number of hydrogen-bond donors (Lipinski definition) is 0. The molecule has 24 rings (SSSR count). The van der Waals surface area contributed by atoms with Crippen molar-refractivity contribution in [2.24, 2.45) is 0 Å². The second kappa shape index (κ2) is 29.6. The predicted molar refractivity (Wildman–Crippen MR) is 525 cm³/mol. The Morgan fingerprint density at radius 2 is 0.476 bits per heavy atom. The van der Waals surface area contributed by atoms with Gasteiger partial charge in [0, 0.05) is 89.2 Å². The molecule has 0 unspecified atom stereocenters. The highest BCUT2D eigenvalue weighted by Crippen LogP contribution is 2.57. The van der Waals surface area contributed by atoms with Crippen LogP contribution in [0.5, 0.6) is 0 Å². The molecule has 0 saturated carbocycles. The third kappa shape index (κ3) is 12.2. The van der Waals surface area contributed by atoms with E-state index < -0.39 is 0 Å². The van der Waals surface area contributed by atoms with Gasteiger partial charge in [0.15, 0.2) is 0 Å². The number of fused-ring (bicyclic) bond motifs is 16. The van der Waals surface area contributed by atoms with Gasteiger partial charge in [-0.05, 0) is 270 Å². The van der Waals surface area contributed by atoms with E-state index in [-0.39, 0.29) is 10.8 Å². The van der Waals surface area contributed by atoms with Crippen LogP contribution in [0, 0.1) is 0 Å². The van der Waals surface area contributed by atoms with Crippen molar-refractivity contribution in [1.82, 2.24) is 9.13 Å². The summed E-state index contributed by atoms with van der Waals surface area (Å²) in [5.41, 5.74) is 30.3. The maximum absolute atomic E-state index is 2.47. The minimum atomic E-state index is -0.192. The lowest BCUT2D eigenvalue weighted by Gasteiger charge is -2.31. The lowest BCUT2D eigenvalue weighted by molar-refractivity contribution is 0.661. The highest BCUT2D eigenvalue weighted by atomic mass is 15.2. The van der Waals surface area contributed by atoms with Crippen molar-refractivity contribution in [2.45, 2.75) is 38.5 Å². The van der Waals surface area contributed by atoms with Crippen molar-refractivity contribution < 1.29 is 0 Å². The first kappa shape index (κ1) is 73.4. The number of anilines is 12. The summed E-state index contributed by atoms with van der Waals surface area (Å²) < 4.78 is 4.93. The Kier molecular flexibility index (Phi) is 17.5. The van der Waals surface area contributed by atoms with Crippen LogP contribution in [0.25, 0.3) is 120 Å². The summed E-state index contributed by atoms with van der Waals surface area (Å²) in [4.78, 5) is 9.76. The zero-order chi connectivity index (χ0) is 82.7. The first-order chi connectivity index (χ1) is 61.0. The van der Waals surface area contributed by atoms with E-state index in [1.807, 2.05) is 0 Å². The molecule has 6 nitrogen and oxygen atoms in total. The number of benzene rings is 20. The molecular weight excluding hydrogens is 1500 g/mol. The molecule has 0 atom stereocenters. The van der Waals surface area contributed by atoms with Crippen molar-refractivity contribution in [2.75, 3.05) is 19.6 Å². The smallest absolute Gasteiger partial charge is 0.0583 e. The summed E-state index contributed by atoms with van der Waals surface area (Å²) in [5.74, 6) is 0. The molecule has 588 valence electrons. The molecule has 2 heterocycles. The lowest BCUT2D eigenvalue weighted by atomic mass is 9.81. The summed E-state index contributed by atoms with van der Waals surface area (Å²) >= 11 is 0. The molecule has 0 amide bonds. The van der Waals surface area contributed by atoms with E-state index in [4.69, 9.17) is 0 Å². The molecule has 0 N–H and O–H groups in total. The van der Waals surface area contributed by atoms with Gasteiger partial charge in [-0.15, -0.1) is 0 Å². The summed E-state index contributed by atoms with van der Waals surface area (Å²) in [5, 5.41) is 14.7. The van der Waals surface area contributed by atoms with Crippen molar-refractivity contribution in [3.8, 4) is 33.6 Å². The van der Waals surface area contributed by atoms with E-state index >= 15 is 0 Å². The number of nitrogens with zero attached hydrogens (tertiary/aromatic N) is 6. The number of hydrogen-bond acceptors (Lipinski definition) is 4. The molecule has 22 aromatic rings. The second-order valence-corrected chi connectivity index (χ2v) is 34.0. The Morgan fingerprint density at radius 1 is 0.177 bits per heavy atom. The highest BCUT2D eigenvalue weighted by Gasteiger charge is 2.39. The van der Waals surface area contributed by atoms with Gasteiger partial charge in [-0.2, -0.15) is 0 Å². The summed E-state index contributed by atoms with van der Waals surface area (Å²) in [6.45, 7) is 9.50. The molecule has 0 spiro atoms. The largest absolute Gasteiger partial charge is 0.310 e. The normalized spacial score (nSPS) is 12.8. The van der Waals surface area contributed by atoms with Gasteiger partial charge in [0.25, 0.3) is 0 Å². The van der Waals surface area contributed by atoms with Gasteiger partial charge in [0.2, 0.25) is 0 Å². The van der Waals surface area contributed by atoms with Crippen LogP contribution in [0.1, 0.15) is 49.9 Å². The SMILES string of the molecule is CC1(C)c2cc(N(c3ccccc3)c3cc(N(c4ccccc4)c4ccccc4)c4c5ccccc5n(-c5ccc6ccccc6c5)c4c3)ccc2-c2cc3ccccc3cc21.CC1(C)c2ccc(N(c3ccccc3)c3cc(N(c4ccccc4)c4ccccc4)c4c5ccccc5n(-c5ccc6ccccc6c5)c4c3)cc2-c2cc3ccccc3cc21. The molecule has 2 aromatic heterocycles. The lowest BCUT2D eigenvalue weighted by Crippen LogP contribution is -2.17. The van der Waals surface area contributed by atoms with Gasteiger partial charge < -0.3 is 28.7 Å². The Morgan fingerprint density at radius 3 is 0.879 bits per heavy atom. The maximum atomic E-state index is 2.47. The standard InChI is InChI=1S/2C59H43N3/c1-59(2)53-36-43-21-15-14-20-42(43)35-52(53)50-33-32-48(37-54(50)59)60(44-22-6-3-7-23-44)49-38-56(61(45-24-8-4-9-25-45)46-26-10-5-11-27-46)58-51-28-16-17-29-55(51)62(57(58)39-49)47-31-30-40-18-12-13-19-41(40)34-47;1-59(2)53-33-32-48(37-52(53)51-35-42-20-14-15-21-43(42)36-54(51)59)60(44-22-6-3-7-23-44)49-38-56(61(45-24-8-4-9-25-45)46-26-10-5-11-27-46)58-50-28-16-17-29-55(50)62(57(58)39-49)47-31-30-40-18-12-13-19-41(40)34-47/h2*3-39H,1-2H3. The highest BCUT2D eigenvalue weighted by molar-refractivity contribution is 6.20. The fourth-order valence-corrected chi connectivity index (χ4v) is 20.2. The van der Waals surface area contributed by atoms with Crippen molar-refractivity contribution in [3.63, 3.8) is 0 Å². The van der Waals surface area contributed by atoms with E-state index in [2.05, 4.69) is 505 Å². The average molecular weight is 1590 g/mol. The minimum absolute atomic E-state index is 0.135. The van der Waals surface area contributed by atoms with Crippen LogP contribution in [0.2, 0.25) is 0 Å². The topological polar surface area (TPSA) is 22.8 Å². The maximum Gasteiger partial charge on any atom is 0.0583 e. The van der Waals surface area contributed by atoms with Gasteiger partial charge in [-0.1, -0.05) is 295 Å². The van der Waals surface area contributed by atoms with Crippen molar-refractivity contribution in [1.29, 1.82) is 0 Å². The quantitative estimate of drug-likeness (QED) is 0.108. The molecule has 0 saturated heterocycles. The van der Waals surface area contributed by atoms with Crippen LogP contribution in [0.4, 0.5) is 68.2 Å². The first-order valence-electron chi connectivity index (χ1n) is 43.0. The van der Waals surface area contributed by atoms with E-state index in [9.17, 15) is 0 Å². The summed E-state index contributed by atoms with van der Waals surface area (Å²) in [7, 11) is 0. The molecule has 6 heteroatoms. The van der Waals surface area contributed by atoms with Crippen molar-refractivity contribution in [3.05, 3.63) is 471 Å². The second-order valence-electron chi connectivity index (χ2n) is 34.0. The molecule has 0 fully saturated rings. The molecule has 0 radical (unpaired) electrons. The summed E-state index contributed by atoms with van der Waals surface area (Å²) in [6, 6.07) is 165. The van der Waals surface area contributed by atoms with E-state index in [0.29, 0.717) is 0 Å². The number of para-hydroxylation sites is 8. The van der Waals surface area contributed by atoms with E-state index in [1.54, 1.807) is 0 Å². The van der Waals surface area contributed by atoms with Gasteiger partial charge in [-0.25, -0.2) is 0 Å². The average Bonchev–Trinajstić information content (AvgIpc) is 1.57. The summed E-state index contributed by atoms with van der Waals surface area (Å²) in [6.07, 6.45) is 0. The Bertz CT molecular complexity index is 7850. The van der Waals surface area contributed by atoms with Crippen LogP contribution in [-0.2, 0) is 10.8 Å². The molecule has 124 heavy (non-hydrogen) atoms. The fourth-order valence-electron chi connectivity index (χ4n) is 20.2. The Labute approximate surface area is 722 Å². The van der Waals surface area contributed by atoms with Crippen LogP contribution >= 0.6 is 0 Å². The minimum Gasteiger partial charge on any atom is -0.310 e. The molecule has 0 aliphatic heterocycles. The van der Waals surface area contributed by atoms with Gasteiger partial charge in [0.05, 0.1) is 44.8 Å². The Hall–Kier alpha value is -15.8. The van der Waals surface area contributed by atoms with Crippen LogP contribution in [0.15, 0.2) is 449 Å². The zero-order valence-corrected chi connectivity index (χ0v) is 69.4. The van der Waals surface area contributed by atoms with E-state index in [0.717, 1.165) is 102 Å². The molecule has 2 aliphatic rings.